The van der Waals surface area contributed by atoms with Gasteiger partial charge in [0.05, 0.1) is 26.2 Å². The molecular weight excluding hydrogens is 470 g/mol. The van der Waals surface area contributed by atoms with Crippen molar-refractivity contribution in [3.05, 3.63) is 69.1 Å². The number of hydrogen-bond acceptors (Lipinski definition) is 9. The number of methoxy groups -OCH3 is 2. The van der Waals surface area contributed by atoms with Crippen LogP contribution in [-0.2, 0) is 22.5 Å². The summed E-state index contributed by atoms with van der Waals surface area (Å²) in [6.45, 7) is 1.93. The van der Waals surface area contributed by atoms with Gasteiger partial charge in [-0.1, -0.05) is 6.07 Å². The lowest BCUT2D eigenvalue weighted by Crippen LogP contribution is -2.29. The number of nitrogens with zero attached hydrogens (tertiary/aromatic N) is 1. The molecule has 36 heavy (non-hydrogen) atoms. The fraction of sp³-hybridized carbons (Fsp3) is 0.308. The number of benzene rings is 2. The normalized spacial score (nSPS) is 12.9. The molecule has 2 heterocycles. The molecule has 0 radical (unpaired) electrons. The maximum Gasteiger partial charge on any atom is 0.306 e. The second-order valence-electron chi connectivity index (χ2n) is 8.40. The second-order valence-corrected chi connectivity index (χ2v) is 8.40. The molecule has 190 valence electrons. The van der Waals surface area contributed by atoms with Crippen LogP contribution in [0.2, 0.25) is 0 Å². The zero-order valence-electron chi connectivity index (χ0n) is 20.1. The van der Waals surface area contributed by atoms with Gasteiger partial charge in [-0.05, 0) is 54.8 Å². The number of phenols is 2. The lowest BCUT2D eigenvalue weighted by atomic mass is 9.87. The number of pyridine rings is 1. The first-order valence-electron chi connectivity index (χ1n) is 11.2. The summed E-state index contributed by atoms with van der Waals surface area (Å²) in [7, 11) is 2.72. The monoisotopic (exact) mass is 497 g/mol. The van der Waals surface area contributed by atoms with Crippen LogP contribution < -0.4 is 19.8 Å². The molecule has 1 aromatic heterocycles. The molecule has 0 aliphatic carbocycles. The molecule has 3 N–H and O–H groups in total. The zero-order chi connectivity index (χ0) is 26.0. The van der Waals surface area contributed by atoms with E-state index < -0.39 is 17.4 Å². The molecule has 0 saturated heterocycles. The van der Waals surface area contributed by atoms with Crippen molar-refractivity contribution in [2.24, 2.45) is 0 Å². The predicted octanol–water partition coefficient (Wildman–Crippen LogP) is 2.95. The van der Waals surface area contributed by atoms with Gasteiger partial charge in [0.2, 0.25) is 12.5 Å². The first-order chi connectivity index (χ1) is 17.2. The van der Waals surface area contributed by atoms with Crippen molar-refractivity contribution in [1.82, 2.24) is 4.57 Å². The van der Waals surface area contributed by atoms with Gasteiger partial charge >= 0.3 is 5.97 Å². The molecule has 0 amide bonds. The number of carbonyl (C=O) groups excluding carboxylic acids is 1. The summed E-state index contributed by atoms with van der Waals surface area (Å²) in [6, 6.07) is 9.22. The summed E-state index contributed by atoms with van der Waals surface area (Å²) in [5, 5.41) is 30.2. The lowest BCUT2D eigenvalue weighted by Gasteiger charge is -2.21. The third-order valence-electron chi connectivity index (χ3n) is 6.22. The summed E-state index contributed by atoms with van der Waals surface area (Å²) < 4.78 is 22.7. The smallest absolute Gasteiger partial charge is 0.306 e. The Bertz CT molecular complexity index is 1360. The highest BCUT2D eigenvalue weighted by molar-refractivity contribution is 5.72. The first kappa shape index (κ1) is 24.8. The molecule has 0 bridgehead atoms. The van der Waals surface area contributed by atoms with E-state index in [0.717, 1.165) is 0 Å². The summed E-state index contributed by atoms with van der Waals surface area (Å²) in [4.78, 5) is 26.1. The number of esters is 1. The van der Waals surface area contributed by atoms with Crippen molar-refractivity contribution < 1.29 is 39.1 Å². The van der Waals surface area contributed by atoms with Gasteiger partial charge in [0, 0.05) is 18.2 Å². The highest BCUT2D eigenvalue weighted by Gasteiger charge is 2.30. The maximum atomic E-state index is 13.7. The molecule has 10 nitrogen and oxygen atoms in total. The predicted molar refractivity (Wildman–Crippen MR) is 128 cm³/mol. The highest BCUT2D eigenvalue weighted by atomic mass is 16.7. The molecule has 0 saturated carbocycles. The van der Waals surface area contributed by atoms with E-state index in [1.165, 1.54) is 37.0 Å². The summed E-state index contributed by atoms with van der Waals surface area (Å²) in [6.07, 6.45) is 0.162. The van der Waals surface area contributed by atoms with Crippen LogP contribution in [0.5, 0.6) is 34.5 Å². The Morgan fingerprint density at radius 1 is 1.06 bits per heavy atom. The van der Waals surface area contributed by atoms with Gasteiger partial charge in [-0.15, -0.1) is 0 Å². The van der Waals surface area contributed by atoms with E-state index in [-0.39, 0.29) is 42.6 Å². The third kappa shape index (κ3) is 4.74. The number of ether oxygens (including phenoxy) is 4. The van der Waals surface area contributed by atoms with Crippen LogP contribution in [0, 0.1) is 6.92 Å². The Morgan fingerprint density at radius 2 is 1.83 bits per heavy atom. The van der Waals surface area contributed by atoms with E-state index in [2.05, 4.69) is 0 Å². The minimum absolute atomic E-state index is 0.00617. The molecule has 10 heteroatoms. The fourth-order valence-corrected chi connectivity index (χ4v) is 4.33. The van der Waals surface area contributed by atoms with E-state index in [1.807, 2.05) is 0 Å². The SMILES string of the molecule is COC(=O)C[C@H](c1cc(OC)c2c(c1)OCO2)c1c(O)cc(C)n(CCc2ccc(O)c(O)c2)c1=O. The number of rotatable bonds is 8. The van der Waals surface area contributed by atoms with Gasteiger partial charge in [-0.2, -0.15) is 0 Å². The number of aromatic hydroxyl groups is 3. The van der Waals surface area contributed by atoms with Crippen molar-refractivity contribution in [1.29, 1.82) is 0 Å². The summed E-state index contributed by atoms with van der Waals surface area (Å²) >= 11 is 0. The van der Waals surface area contributed by atoms with E-state index in [1.54, 1.807) is 25.1 Å². The molecule has 2 aromatic carbocycles. The number of carbonyl (C=O) groups is 1. The Kier molecular flexibility index (Phi) is 6.96. The van der Waals surface area contributed by atoms with Gasteiger partial charge in [-0.25, -0.2) is 0 Å². The molecule has 1 aliphatic heterocycles. The van der Waals surface area contributed by atoms with Crippen LogP contribution >= 0.6 is 0 Å². The molecule has 1 atom stereocenters. The standard InChI is InChI=1S/C26H27NO9/c1-14-8-20(30)24(26(32)27(14)7-6-15-4-5-18(28)19(29)9-15)17(12-23(31)34-3)16-10-21(33-2)25-22(11-16)35-13-36-25/h4-5,8-11,17,28-30H,6-7,12-13H2,1-3H3/t17-/m1/s1. The Morgan fingerprint density at radius 3 is 2.53 bits per heavy atom. The molecule has 0 unspecified atom stereocenters. The molecule has 0 fully saturated rings. The van der Waals surface area contributed by atoms with E-state index in [4.69, 9.17) is 18.9 Å². The lowest BCUT2D eigenvalue weighted by molar-refractivity contribution is -0.140. The number of aromatic nitrogens is 1. The van der Waals surface area contributed by atoms with Crippen LogP contribution in [0.4, 0.5) is 0 Å². The first-order valence-corrected chi connectivity index (χ1v) is 11.2. The van der Waals surface area contributed by atoms with Crippen molar-refractivity contribution in [3.8, 4) is 34.5 Å². The third-order valence-corrected chi connectivity index (χ3v) is 6.22. The van der Waals surface area contributed by atoms with Crippen LogP contribution in [0.25, 0.3) is 0 Å². The van der Waals surface area contributed by atoms with Gasteiger partial charge in [-0.3, -0.25) is 9.59 Å². The zero-order valence-corrected chi connectivity index (χ0v) is 20.1. The topological polar surface area (TPSA) is 137 Å². The van der Waals surface area contributed by atoms with E-state index >= 15 is 0 Å². The van der Waals surface area contributed by atoms with Gasteiger partial charge in [0.25, 0.3) is 5.56 Å². The fourth-order valence-electron chi connectivity index (χ4n) is 4.33. The van der Waals surface area contributed by atoms with Crippen LogP contribution in [-0.4, -0.2) is 46.9 Å². The Balaban J connectivity index is 1.79. The number of fused-ring (bicyclic) bond motifs is 1. The van der Waals surface area contributed by atoms with Crippen molar-refractivity contribution >= 4 is 5.97 Å². The van der Waals surface area contributed by atoms with Crippen LogP contribution in [0.1, 0.15) is 34.7 Å². The quantitative estimate of drug-likeness (QED) is 0.317. The van der Waals surface area contributed by atoms with Crippen LogP contribution in [0.3, 0.4) is 0 Å². The largest absolute Gasteiger partial charge is 0.507 e. The van der Waals surface area contributed by atoms with Crippen LogP contribution in [0.15, 0.2) is 41.2 Å². The minimum Gasteiger partial charge on any atom is -0.507 e. The molecular formula is C26H27NO9. The number of aryl methyl sites for hydroxylation is 2. The highest BCUT2D eigenvalue weighted by Crippen LogP contribution is 2.45. The van der Waals surface area contributed by atoms with Crippen molar-refractivity contribution in [2.75, 3.05) is 21.0 Å². The number of phenolic OH excluding ortho intramolecular Hbond substituents is 2. The maximum absolute atomic E-state index is 13.7. The molecule has 3 aromatic rings. The van der Waals surface area contributed by atoms with Gasteiger partial charge in [0.1, 0.15) is 5.75 Å². The summed E-state index contributed by atoms with van der Waals surface area (Å²) in [5.41, 5.74) is 1.29. The minimum atomic E-state index is -0.863. The average Bonchev–Trinajstić information content (AvgIpc) is 3.33. The second kappa shape index (κ2) is 10.1. The number of hydrogen-bond donors (Lipinski definition) is 3. The molecule has 4 rings (SSSR count). The molecule has 0 spiro atoms. The van der Waals surface area contributed by atoms with E-state index in [0.29, 0.717) is 40.5 Å². The van der Waals surface area contributed by atoms with Crippen molar-refractivity contribution in [2.45, 2.75) is 32.2 Å². The molecule has 1 aliphatic rings. The van der Waals surface area contributed by atoms with E-state index in [9.17, 15) is 24.9 Å². The van der Waals surface area contributed by atoms with Crippen molar-refractivity contribution in [3.63, 3.8) is 0 Å². The Labute approximate surface area is 206 Å². The summed E-state index contributed by atoms with van der Waals surface area (Å²) in [5.74, 6) is -0.976. The average molecular weight is 498 g/mol. The van der Waals surface area contributed by atoms with Gasteiger partial charge in [0.15, 0.2) is 23.0 Å². The van der Waals surface area contributed by atoms with Gasteiger partial charge < -0.3 is 38.8 Å². The Hall–Kier alpha value is -4.34.